The van der Waals surface area contributed by atoms with Gasteiger partial charge >= 0.3 is 5.97 Å². The predicted octanol–water partition coefficient (Wildman–Crippen LogP) is 1.79. The molecule has 0 fully saturated rings. The highest BCUT2D eigenvalue weighted by Crippen LogP contribution is 2.13. The molecular formula is C12H10FNO3. The fraction of sp³-hybridized carbons (Fsp3) is 0.167. The summed E-state index contributed by atoms with van der Waals surface area (Å²) in [5, 5.41) is 9.63. The van der Waals surface area contributed by atoms with E-state index in [0.29, 0.717) is 10.8 Å². The van der Waals surface area contributed by atoms with Crippen molar-refractivity contribution in [2.75, 3.05) is 0 Å². The van der Waals surface area contributed by atoms with Gasteiger partial charge in [0.25, 0.3) is 5.56 Å². The first-order valence-electron chi connectivity index (χ1n) is 5.04. The molecule has 17 heavy (non-hydrogen) atoms. The first-order valence-corrected chi connectivity index (χ1v) is 5.04. The lowest BCUT2D eigenvalue weighted by Gasteiger charge is -2.11. The maximum atomic E-state index is 13.0. The van der Waals surface area contributed by atoms with Gasteiger partial charge in [0.15, 0.2) is 0 Å². The normalized spacial score (nSPS) is 12.6. The first-order chi connectivity index (χ1) is 8.00. The Morgan fingerprint density at radius 1 is 1.41 bits per heavy atom. The van der Waals surface area contributed by atoms with Gasteiger partial charge in [-0.25, -0.2) is 9.18 Å². The van der Waals surface area contributed by atoms with Crippen molar-refractivity contribution in [1.29, 1.82) is 0 Å². The summed E-state index contributed by atoms with van der Waals surface area (Å²) < 4.78 is 14.1. The fourth-order valence-corrected chi connectivity index (χ4v) is 1.66. The molecule has 0 saturated heterocycles. The Balaban J connectivity index is 2.70. The van der Waals surface area contributed by atoms with Crippen LogP contribution in [0.5, 0.6) is 0 Å². The van der Waals surface area contributed by atoms with Crippen molar-refractivity contribution in [2.45, 2.75) is 13.0 Å². The van der Waals surface area contributed by atoms with E-state index in [1.807, 2.05) is 0 Å². The van der Waals surface area contributed by atoms with E-state index in [-0.39, 0.29) is 0 Å². The van der Waals surface area contributed by atoms with Crippen LogP contribution in [0.2, 0.25) is 0 Å². The van der Waals surface area contributed by atoms with Crippen molar-refractivity contribution in [3.8, 4) is 0 Å². The van der Waals surface area contributed by atoms with Crippen LogP contribution in [0.3, 0.4) is 0 Å². The lowest BCUT2D eigenvalue weighted by atomic mass is 10.1. The summed E-state index contributed by atoms with van der Waals surface area (Å²) in [5.41, 5.74) is -0.433. The number of halogens is 1. The number of nitrogens with zero attached hydrogens (tertiary/aromatic N) is 1. The molecule has 0 saturated carbocycles. The molecule has 0 aliphatic carbocycles. The second-order valence-corrected chi connectivity index (χ2v) is 3.77. The molecule has 2 aromatic rings. The van der Waals surface area contributed by atoms with Gasteiger partial charge in [-0.2, -0.15) is 0 Å². The number of rotatable bonds is 2. The number of aromatic nitrogens is 1. The molecular weight excluding hydrogens is 225 g/mol. The lowest BCUT2D eigenvalue weighted by Crippen LogP contribution is -2.27. The van der Waals surface area contributed by atoms with Crippen LogP contribution in [0.15, 0.2) is 35.3 Å². The molecule has 88 valence electrons. The highest BCUT2D eigenvalue weighted by atomic mass is 19.1. The Hall–Kier alpha value is -2.17. The van der Waals surface area contributed by atoms with Gasteiger partial charge in [-0.3, -0.25) is 4.79 Å². The summed E-state index contributed by atoms with van der Waals surface area (Å²) in [7, 11) is 0. The van der Waals surface area contributed by atoms with Crippen molar-refractivity contribution in [3.63, 3.8) is 0 Å². The fourth-order valence-electron chi connectivity index (χ4n) is 1.66. The molecule has 1 unspecified atom stereocenters. The van der Waals surface area contributed by atoms with E-state index in [0.717, 1.165) is 4.57 Å². The Bertz CT molecular complexity index is 648. The second kappa shape index (κ2) is 4.01. The van der Waals surface area contributed by atoms with Crippen molar-refractivity contribution in [3.05, 3.63) is 46.6 Å². The zero-order chi connectivity index (χ0) is 12.6. The predicted molar refractivity (Wildman–Crippen MR) is 60.5 cm³/mol. The summed E-state index contributed by atoms with van der Waals surface area (Å²) in [4.78, 5) is 22.8. The number of aliphatic carboxylic acids is 1. The van der Waals surface area contributed by atoms with Crippen LogP contribution in [-0.4, -0.2) is 15.6 Å². The second-order valence-electron chi connectivity index (χ2n) is 3.77. The van der Waals surface area contributed by atoms with E-state index in [9.17, 15) is 14.0 Å². The third-order valence-corrected chi connectivity index (χ3v) is 2.67. The molecule has 4 nitrogen and oxygen atoms in total. The van der Waals surface area contributed by atoms with Gasteiger partial charge in [0.05, 0.1) is 0 Å². The number of carbonyl (C=O) groups is 1. The SMILES string of the molecule is CC(C(=O)O)n1ccc2cc(F)ccc2c1=O. The largest absolute Gasteiger partial charge is 0.480 e. The average Bonchev–Trinajstić information content (AvgIpc) is 2.28. The van der Waals surface area contributed by atoms with Crippen LogP contribution < -0.4 is 5.56 Å². The maximum absolute atomic E-state index is 13.0. The zero-order valence-corrected chi connectivity index (χ0v) is 9.05. The van der Waals surface area contributed by atoms with E-state index >= 15 is 0 Å². The van der Waals surface area contributed by atoms with Crippen LogP contribution in [0.25, 0.3) is 10.8 Å². The van der Waals surface area contributed by atoms with E-state index in [1.165, 1.54) is 37.4 Å². The third-order valence-electron chi connectivity index (χ3n) is 2.67. The molecule has 1 heterocycles. The maximum Gasteiger partial charge on any atom is 0.326 e. The molecule has 1 aromatic heterocycles. The van der Waals surface area contributed by atoms with Gasteiger partial charge in [-0.05, 0) is 36.6 Å². The standard InChI is InChI=1S/C12H10FNO3/c1-7(12(16)17)14-5-4-8-6-9(13)2-3-10(8)11(14)15/h2-7H,1H3,(H,16,17). The third kappa shape index (κ3) is 1.91. The van der Waals surface area contributed by atoms with Crippen LogP contribution in [0, 0.1) is 5.82 Å². The minimum Gasteiger partial charge on any atom is -0.480 e. The number of pyridine rings is 1. The number of carboxylic acid groups (broad SMARTS) is 1. The van der Waals surface area contributed by atoms with Gasteiger partial charge in [-0.1, -0.05) is 0 Å². The van der Waals surface area contributed by atoms with Gasteiger partial charge in [-0.15, -0.1) is 0 Å². The first kappa shape index (κ1) is 11.3. The summed E-state index contributed by atoms with van der Waals surface area (Å²) in [5.74, 6) is -1.52. The van der Waals surface area contributed by atoms with Gasteiger partial charge < -0.3 is 9.67 Å². The summed E-state index contributed by atoms with van der Waals surface area (Å²) in [6.45, 7) is 1.42. The quantitative estimate of drug-likeness (QED) is 0.863. The van der Waals surface area contributed by atoms with Gasteiger partial charge in [0.1, 0.15) is 11.9 Å². The number of hydrogen-bond donors (Lipinski definition) is 1. The Kier molecular flexibility index (Phi) is 2.67. The van der Waals surface area contributed by atoms with Crippen molar-refractivity contribution in [1.82, 2.24) is 4.57 Å². The molecule has 0 aliphatic rings. The Morgan fingerprint density at radius 2 is 2.12 bits per heavy atom. The minimum absolute atomic E-state index is 0.307. The topological polar surface area (TPSA) is 59.3 Å². The van der Waals surface area contributed by atoms with E-state index < -0.39 is 23.4 Å². The molecule has 1 N–H and O–H groups in total. The van der Waals surface area contributed by atoms with Crippen LogP contribution in [0.1, 0.15) is 13.0 Å². The average molecular weight is 235 g/mol. The summed E-state index contributed by atoms with van der Waals surface area (Å²) in [6.07, 6.45) is 1.36. The Labute approximate surface area is 95.9 Å². The number of fused-ring (bicyclic) bond motifs is 1. The minimum atomic E-state index is -1.09. The number of carboxylic acids is 1. The van der Waals surface area contributed by atoms with E-state index in [4.69, 9.17) is 5.11 Å². The molecule has 0 radical (unpaired) electrons. The van der Waals surface area contributed by atoms with Crippen LogP contribution in [0.4, 0.5) is 4.39 Å². The van der Waals surface area contributed by atoms with Crippen molar-refractivity contribution < 1.29 is 14.3 Å². The molecule has 5 heteroatoms. The van der Waals surface area contributed by atoms with Crippen molar-refractivity contribution >= 4 is 16.7 Å². The molecule has 1 atom stereocenters. The zero-order valence-electron chi connectivity index (χ0n) is 9.05. The smallest absolute Gasteiger partial charge is 0.326 e. The van der Waals surface area contributed by atoms with Crippen LogP contribution in [-0.2, 0) is 4.79 Å². The molecule has 0 aliphatic heterocycles. The molecule has 1 aromatic carbocycles. The lowest BCUT2D eigenvalue weighted by molar-refractivity contribution is -0.140. The van der Waals surface area contributed by atoms with Gasteiger partial charge in [0, 0.05) is 11.6 Å². The van der Waals surface area contributed by atoms with Crippen molar-refractivity contribution in [2.24, 2.45) is 0 Å². The Morgan fingerprint density at radius 3 is 2.76 bits per heavy atom. The van der Waals surface area contributed by atoms with E-state index in [1.54, 1.807) is 0 Å². The number of hydrogen-bond acceptors (Lipinski definition) is 2. The molecule has 2 rings (SSSR count). The monoisotopic (exact) mass is 235 g/mol. The van der Waals surface area contributed by atoms with Crippen LogP contribution >= 0.6 is 0 Å². The number of benzene rings is 1. The highest BCUT2D eigenvalue weighted by molar-refractivity contribution is 5.82. The van der Waals surface area contributed by atoms with E-state index in [2.05, 4.69) is 0 Å². The highest BCUT2D eigenvalue weighted by Gasteiger charge is 2.15. The molecule has 0 amide bonds. The van der Waals surface area contributed by atoms with Gasteiger partial charge in [0.2, 0.25) is 0 Å². The summed E-state index contributed by atoms with van der Waals surface area (Å²) >= 11 is 0. The molecule has 0 spiro atoms. The molecule has 0 bridgehead atoms. The summed E-state index contributed by atoms with van der Waals surface area (Å²) in [6, 6.07) is 4.36.